The Kier molecular flexibility index (Phi) is 4.66. The molecule has 1 unspecified atom stereocenters. The van der Waals surface area contributed by atoms with Crippen LogP contribution in [-0.4, -0.2) is 36.1 Å². The number of hydrogen-bond donors (Lipinski definition) is 1. The van der Waals surface area contributed by atoms with Crippen LogP contribution in [0.4, 0.5) is 0 Å². The molecule has 94 valence electrons. The van der Waals surface area contributed by atoms with Crippen LogP contribution in [0.15, 0.2) is 0 Å². The van der Waals surface area contributed by atoms with Crippen molar-refractivity contribution in [1.29, 1.82) is 0 Å². The predicted octanol–water partition coefficient (Wildman–Crippen LogP) is 2.78. The minimum Gasteiger partial charge on any atom is -0.311 e. The van der Waals surface area contributed by atoms with Gasteiger partial charge in [-0.25, -0.2) is 0 Å². The number of nitrogens with zero attached hydrogens (tertiary/aromatic N) is 1. The molecule has 2 fully saturated rings. The molecule has 1 heterocycles. The molecule has 1 aliphatic carbocycles. The lowest BCUT2D eigenvalue weighted by Gasteiger charge is -2.34. The van der Waals surface area contributed by atoms with Gasteiger partial charge in [0.15, 0.2) is 0 Å². The van der Waals surface area contributed by atoms with E-state index in [0.717, 1.165) is 18.1 Å². The van der Waals surface area contributed by atoms with Gasteiger partial charge in [0.2, 0.25) is 0 Å². The summed E-state index contributed by atoms with van der Waals surface area (Å²) in [6.07, 6.45) is 9.70. The number of likely N-dealkylation sites (tertiary alicyclic amines) is 1. The van der Waals surface area contributed by atoms with Gasteiger partial charge in [0.25, 0.3) is 0 Å². The van der Waals surface area contributed by atoms with Crippen LogP contribution in [0.3, 0.4) is 0 Å². The molecule has 0 aromatic rings. The molecule has 0 radical (unpaired) electrons. The second-order valence-electron chi connectivity index (χ2n) is 5.75. The highest BCUT2D eigenvalue weighted by atomic mass is 15.2. The third kappa shape index (κ3) is 3.74. The van der Waals surface area contributed by atoms with E-state index in [1.165, 1.54) is 58.0 Å². The van der Waals surface area contributed by atoms with Crippen molar-refractivity contribution in [2.24, 2.45) is 0 Å². The van der Waals surface area contributed by atoms with Gasteiger partial charge in [-0.1, -0.05) is 19.8 Å². The van der Waals surface area contributed by atoms with Gasteiger partial charge >= 0.3 is 0 Å². The molecular weight excluding hydrogens is 196 g/mol. The first-order valence-corrected chi connectivity index (χ1v) is 7.29. The highest BCUT2D eigenvalue weighted by molar-refractivity contribution is 4.89. The summed E-state index contributed by atoms with van der Waals surface area (Å²) in [5.41, 5.74) is 0. The van der Waals surface area contributed by atoms with Gasteiger partial charge < -0.3 is 10.2 Å². The molecular formula is C14H28N2. The quantitative estimate of drug-likeness (QED) is 0.746. The smallest absolute Gasteiger partial charge is 0.00964 e. The zero-order valence-electron chi connectivity index (χ0n) is 11.0. The van der Waals surface area contributed by atoms with E-state index in [0.29, 0.717) is 0 Å². The minimum atomic E-state index is 0.720. The van der Waals surface area contributed by atoms with Crippen molar-refractivity contribution in [3.8, 4) is 0 Å². The molecule has 1 atom stereocenters. The van der Waals surface area contributed by atoms with Crippen LogP contribution in [0.25, 0.3) is 0 Å². The fourth-order valence-electron chi connectivity index (χ4n) is 2.87. The van der Waals surface area contributed by atoms with Gasteiger partial charge in [-0.15, -0.1) is 0 Å². The van der Waals surface area contributed by atoms with Crippen molar-refractivity contribution in [2.45, 2.75) is 76.9 Å². The molecule has 1 saturated heterocycles. The van der Waals surface area contributed by atoms with Gasteiger partial charge in [-0.2, -0.15) is 0 Å². The summed E-state index contributed by atoms with van der Waals surface area (Å²) in [4.78, 5) is 2.70. The second-order valence-corrected chi connectivity index (χ2v) is 5.75. The molecule has 2 nitrogen and oxygen atoms in total. The maximum Gasteiger partial charge on any atom is 0.00964 e. The van der Waals surface area contributed by atoms with Crippen LogP contribution >= 0.6 is 0 Å². The molecule has 2 heteroatoms. The summed E-state index contributed by atoms with van der Waals surface area (Å²) in [6, 6.07) is 2.48. The van der Waals surface area contributed by atoms with E-state index in [4.69, 9.17) is 0 Å². The molecule has 2 rings (SSSR count). The van der Waals surface area contributed by atoms with E-state index in [1.54, 1.807) is 0 Å². The minimum absolute atomic E-state index is 0.720. The predicted molar refractivity (Wildman–Crippen MR) is 69.7 cm³/mol. The lowest BCUT2D eigenvalue weighted by Crippen LogP contribution is -2.46. The maximum absolute atomic E-state index is 3.81. The monoisotopic (exact) mass is 224 g/mol. The Hall–Kier alpha value is -0.0800. The zero-order valence-corrected chi connectivity index (χ0v) is 11.0. The topological polar surface area (TPSA) is 15.3 Å². The van der Waals surface area contributed by atoms with Gasteiger partial charge in [-0.05, 0) is 52.1 Å². The standard InChI is InChI=1S/C14H28N2/c1-3-4-5-12(2)15-13-8-10-16(11-9-13)14-6-7-14/h12-15H,3-11H2,1-2H3. The molecule has 16 heavy (non-hydrogen) atoms. The fraction of sp³-hybridized carbons (Fsp3) is 1.00. The summed E-state index contributed by atoms with van der Waals surface area (Å²) < 4.78 is 0. The SMILES string of the molecule is CCCCC(C)NC1CCN(C2CC2)CC1. The Labute approximate surface area is 101 Å². The molecule has 0 spiro atoms. The summed E-state index contributed by atoms with van der Waals surface area (Å²) in [5.74, 6) is 0. The second kappa shape index (κ2) is 6.02. The molecule has 1 saturated carbocycles. The Morgan fingerprint density at radius 3 is 2.44 bits per heavy atom. The molecule has 2 aliphatic rings. The number of unbranched alkanes of at least 4 members (excludes halogenated alkanes) is 1. The summed E-state index contributed by atoms with van der Waals surface area (Å²) in [6.45, 7) is 7.30. The Balaban J connectivity index is 1.60. The summed E-state index contributed by atoms with van der Waals surface area (Å²) in [7, 11) is 0. The zero-order chi connectivity index (χ0) is 11.4. The first-order chi connectivity index (χ1) is 7.79. The van der Waals surface area contributed by atoms with Crippen molar-refractivity contribution < 1.29 is 0 Å². The molecule has 0 amide bonds. The third-order valence-electron chi connectivity index (χ3n) is 4.10. The average molecular weight is 224 g/mol. The van der Waals surface area contributed by atoms with E-state index in [1.807, 2.05) is 0 Å². The van der Waals surface area contributed by atoms with Crippen molar-refractivity contribution in [1.82, 2.24) is 10.2 Å². The van der Waals surface area contributed by atoms with E-state index in [9.17, 15) is 0 Å². The summed E-state index contributed by atoms with van der Waals surface area (Å²) >= 11 is 0. The number of hydrogen-bond acceptors (Lipinski definition) is 2. The normalized spacial score (nSPS) is 25.9. The van der Waals surface area contributed by atoms with Crippen LogP contribution in [0.1, 0.15) is 58.8 Å². The molecule has 0 bridgehead atoms. The van der Waals surface area contributed by atoms with E-state index in [-0.39, 0.29) is 0 Å². The highest BCUT2D eigenvalue weighted by Crippen LogP contribution is 2.29. The molecule has 0 aromatic carbocycles. The van der Waals surface area contributed by atoms with Crippen molar-refractivity contribution in [3.63, 3.8) is 0 Å². The third-order valence-corrected chi connectivity index (χ3v) is 4.10. The first-order valence-electron chi connectivity index (χ1n) is 7.29. The van der Waals surface area contributed by atoms with E-state index >= 15 is 0 Å². The van der Waals surface area contributed by atoms with Crippen LogP contribution in [-0.2, 0) is 0 Å². The lowest BCUT2D eigenvalue weighted by atomic mass is 10.0. The maximum atomic E-state index is 3.81. The molecule has 1 N–H and O–H groups in total. The fourth-order valence-corrected chi connectivity index (χ4v) is 2.87. The molecule has 0 aromatic heterocycles. The number of rotatable bonds is 6. The van der Waals surface area contributed by atoms with Gasteiger partial charge in [-0.3, -0.25) is 0 Å². The van der Waals surface area contributed by atoms with E-state index < -0.39 is 0 Å². The van der Waals surface area contributed by atoms with Crippen molar-refractivity contribution in [3.05, 3.63) is 0 Å². The largest absolute Gasteiger partial charge is 0.311 e. The number of piperidine rings is 1. The average Bonchev–Trinajstić information content (AvgIpc) is 3.11. The van der Waals surface area contributed by atoms with Crippen molar-refractivity contribution in [2.75, 3.05) is 13.1 Å². The Morgan fingerprint density at radius 1 is 1.19 bits per heavy atom. The summed E-state index contributed by atoms with van der Waals surface area (Å²) in [5, 5.41) is 3.81. The Bertz CT molecular complexity index is 193. The molecule has 1 aliphatic heterocycles. The van der Waals surface area contributed by atoms with E-state index in [2.05, 4.69) is 24.1 Å². The first kappa shape index (κ1) is 12.4. The van der Waals surface area contributed by atoms with Crippen LogP contribution < -0.4 is 5.32 Å². The van der Waals surface area contributed by atoms with Gasteiger partial charge in [0.05, 0.1) is 0 Å². The lowest BCUT2D eigenvalue weighted by molar-refractivity contribution is 0.183. The Morgan fingerprint density at radius 2 is 1.88 bits per heavy atom. The number of nitrogens with one attached hydrogen (secondary N) is 1. The highest BCUT2D eigenvalue weighted by Gasteiger charge is 2.31. The van der Waals surface area contributed by atoms with Crippen LogP contribution in [0, 0.1) is 0 Å². The van der Waals surface area contributed by atoms with Crippen LogP contribution in [0.5, 0.6) is 0 Å². The van der Waals surface area contributed by atoms with Crippen LogP contribution in [0.2, 0.25) is 0 Å². The van der Waals surface area contributed by atoms with Gasteiger partial charge in [0.1, 0.15) is 0 Å². The van der Waals surface area contributed by atoms with Crippen molar-refractivity contribution >= 4 is 0 Å². The van der Waals surface area contributed by atoms with Gasteiger partial charge in [0, 0.05) is 18.1 Å².